The first-order chi connectivity index (χ1) is 7.65. The number of hydrogen-bond donors (Lipinski definition) is 0. The molecule has 0 unspecified atom stereocenters. The number of carbonyl (C=O) groups is 1. The lowest BCUT2D eigenvalue weighted by atomic mass is 10.1. The van der Waals surface area contributed by atoms with E-state index in [4.69, 9.17) is 9.57 Å². The van der Waals surface area contributed by atoms with Crippen LogP contribution in [-0.2, 0) is 14.4 Å². The summed E-state index contributed by atoms with van der Waals surface area (Å²) in [4.78, 5) is 19.2. The summed E-state index contributed by atoms with van der Waals surface area (Å²) in [5.41, 5.74) is 0. The quantitative estimate of drug-likeness (QED) is 0.650. The molecule has 92 valence electrons. The largest absolute Gasteiger partial charge is 0.378 e. The van der Waals surface area contributed by atoms with E-state index in [0.29, 0.717) is 12.1 Å². The number of rotatable bonds is 3. The molecule has 0 aliphatic carbocycles. The molecule has 2 aliphatic rings. The zero-order valence-corrected chi connectivity index (χ0v) is 10.2. The van der Waals surface area contributed by atoms with Gasteiger partial charge < -0.3 is 4.74 Å². The van der Waals surface area contributed by atoms with Gasteiger partial charge in [0, 0.05) is 19.1 Å². The van der Waals surface area contributed by atoms with Crippen molar-refractivity contribution < 1.29 is 14.4 Å². The molecule has 5 nitrogen and oxygen atoms in total. The van der Waals surface area contributed by atoms with E-state index < -0.39 is 0 Å². The molecule has 5 heteroatoms. The van der Waals surface area contributed by atoms with Gasteiger partial charge in [-0.1, -0.05) is 0 Å². The minimum absolute atomic E-state index is 0.0151. The zero-order valence-electron chi connectivity index (χ0n) is 10.2. The number of fused-ring (bicyclic) bond motifs is 2. The molecule has 2 bridgehead atoms. The number of carbonyl (C=O) groups excluding carboxylic acids is 1. The van der Waals surface area contributed by atoms with Crippen LogP contribution in [0.3, 0.4) is 0 Å². The summed E-state index contributed by atoms with van der Waals surface area (Å²) in [6.07, 6.45) is 2.28. The molecule has 0 spiro atoms. The van der Waals surface area contributed by atoms with Crippen LogP contribution in [0.1, 0.15) is 19.8 Å². The fraction of sp³-hybridized carbons (Fsp3) is 0.909. The normalized spacial score (nSPS) is 31.4. The molecule has 0 saturated carbocycles. The van der Waals surface area contributed by atoms with Gasteiger partial charge in [0.2, 0.25) is 0 Å². The summed E-state index contributed by atoms with van der Waals surface area (Å²) in [7, 11) is 3.17. The summed E-state index contributed by atoms with van der Waals surface area (Å²) in [5, 5.41) is 1.31. The Labute approximate surface area is 96.2 Å². The van der Waals surface area contributed by atoms with Crippen LogP contribution in [0, 0.1) is 0 Å². The average Bonchev–Trinajstić information content (AvgIpc) is 2.56. The number of hydrogen-bond acceptors (Lipinski definition) is 4. The van der Waals surface area contributed by atoms with Crippen LogP contribution >= 0.6 is 0 Å². The van der Waals surface area contributed by atoms with Crippen molar-refractivity contribution in [3.8, 4) is 0 Å². The first-order valence-corrected chi connectivity index (χ1v) is 5.82. The van der Waals surface area contributed by atoms with Gasteiger partial charge >= 0.3 is 0 Å². The van der Waals surface area contributed by atoms with E-state index in [1.54, 1.807) is 7.05 Å². The van der Waals surface area contributed by atoms with Crippen LogP contribution < -0.4 is 0 Å². The molecule has 0 aromatic carbocycles. The SMILES string of the molecule is CON(C)C(=O)[C@H](C)N1[C@@H]2CC[C@H]1COC2. The van der Waals surface area contributed by atoms with Gasteiger partial charge in [0.15, 0.2) is 0 Å². The monoisotopic (exact) mass is 228 g/mol. The molecule has 1 amide bonds. The molecule has 2 aliphatic heterocycles. The molecular formula is C11H20N2O3. The van der Waals surface area contributed by atoms with Crippen molar-refractivity contribution in [3.05, 3.63) is 0 Å². The van der Waals surface area contributed by atoms with Crippen LogP contribution in [-0.4, -0.2) is 61.4 Å². The van der Waals surface area contributed by atoms with Crippen molar-refractivity contribution in [1.82, 2.24) is 9.96 Å². The molecule has 2 saturated heterocycles. The highest BCUT2D eigenvalue weighted by atomic mass is 16.7. The first-order valence-electron chi connectivity index (χ1n) is 5.82. The summed E-state index contributed by atoms with van der Waals surface area (Å²) in [6, 6.07) is 0.692. The number of morpholine rings is 1. The van der Waals surface area contributed by atoms with Gasteiger partial charge in [-0.05, 0) is 19.8 Å². The van der Waals surface area contributed by atoms with E-state index in [-0.39, 0.29) is 11.9 Å². The Hall–Kier alpha value is -0.650. The molecule has 2 rings (SSSR count). The van der Waals surface area contributed by atoms with Crippen molar-refractivity contribution in [3.63, 3.8) is 0 Å². The molecular weight excluding hydrogens is 208 g/mol. The third-order valence-corrected chi connectivity index (χ3v) is 3.69. The standard InChI is InChI=1S/C11H20N2O3/c1-8(11(14)12(2)15-3)13-9-4-5-10(13)7-16-6-9/h8-10H,4-7H2,1-3H3/t8-,9-,10+/m0/s1. The van der Waals surface area contributed by atoms with Crippen molar-refractivity contribution in [2.24, 2.45) is 0 Å². The predicted molar refractivity (Wildman–Crippen MR) is 58.7 cm³/mol. The fourth-order valence-electron chi connectivity index (χ4n) is 2.77. The second kappa shape index (κ2) is 4.69. The topological polar surface area (TPSA) is 42.0 Å². The second-order valence-corrected chi connectivity index (χ2v) is 4.56. The predicted octanol–water partition coefficient (Wildman–Crippen LogP) is 0.258. The van der Waals surface area contributed by atoms with Crippen LogP contribution in [0.4, 0.5) is 0 Å². The Morgan fingerprint density at radius 2 is 2.00 bits per heavy atom. The highest BCUT2D eigenvalue weighted by Gasteiger charge is 2.42. The Morgan fingerprint density at radius 1 is 1.44 bits per heavy atom. The maximum absolute atomic E-state index is 12.0. The van der Waals surface area contributed by atoms with Gasteiger partial charge in [-0.15, -0.1) is 0 Å². The van der Waals surface area contributed by atoms with Crippen molar-refractivity contribution in [2.45, 2.75) is 37.9 Å². The molecule has 16 heavy (non-hydrogen) atoms. The lowest BCUT2D eigenvalue weighted by molar-refractivity contribution is -0.177. The molecule has 2 fully saturated rings. The molecule has 3 atom stereocenters. The van der Waals surface area contributed by atoms with Gasteiger partial charge in [0.1, 0.15) is 0 Å². The van der Waals surface area contributed by atoms with E-state index in [0.717, 1.165) is 26.1 Å². The summed E-state index contributed by atoms with van der Waals surface area (Å²) >= 11 is 0. The lowest BCUT2D eigenvalue weighted by Gasteiger charge is -2.39. The number of nitrogens with zero attached hydrogens (tertiary/aromatic N) is 2. The highest BCUT2D eigenvalue weighted by Crippen LogP contribution is 2.31. The van der Waals surface area contributed by atoms with E-state index in [1.165, 1.54) is 12.2 Å². The van der Waals surface area contributed by atoms with Gasteiger partial charge in [0.25, 0.3) is 5.91 Å². The van der Waals surface area contributed by atoms with E-state index in [1.807, 2.05) is 6.92 Å². The van der Waals surface area contributed by atoms with Gasteiger partial charge in [-0.3, -0.25) is 14.5 Å². The number of amides is 1. The molecule has 0 N–H and O–H groups in total. The van der Waals surface area contributed by atoms with Gasteiger partial charge in [-0.25, -0.2) is 5.06 Å². The minimum atomic E-state index is -0.119. The molecule has 0 aromatic rings. The minimum Gasteiger partial charge on any atom is -0.378 e. The highest BCUT2D eigenvalue weighted by molar-refractivity contribution is 5.80. The summed E-state index contributed by atoms with van der Waals surface area (Å²) in [5.74, 6) is 0.0151. The summed E-state index contributed by atoms with van der Waals surface area (Å²) < 4.78 is 5.51. The average molecular weight is 228 g/mol. The Bertz CT molecular complexity index is 256. The fourth-order valence-corrected chi connectivity index (χ4v) is 2.77. The Kier molecular flexibility index (Phi) is 3.47. The molecule has 2 heterocycles. The van der Waals surface area contributed by atoms with Crippen molar-refractivity contribution >= 4 is 5.91 Å². The lowest BCUT2D eigenvalue weighted by Crippen LogP contribution is -2.55. The van der Waals surface area contributed by atoms with Crippen molar-refractivity contribution in [1.29, 1.82) is 0 Å². The van der Waals surface area contributed by atoms with Crippen LogP contribution in [0.2, 0.25) is 0 Å². The van der Waals surface area contributed by atoms with E-state index in [9.17, 15) is 4.79 Å². The van der Waals surface area contributed by atoms with Crippen LogP contribution in [0.5, 0.6) is 0 Å². The molecule has 0 aromatic heterocycles. The number of hydroxylamine groups is 2. The maximum atomic E-state index is 12.0. The van der Waals surface area contributed by atoms with Gasteiger partial charge in [-0.2, -0.15) is 0 Å². The maximum Gasteiger partial charge on any atom is 0.262 e. The van der Waals surface area contributed by atoms with Crippen molar-refractivity contribution in [2.75, 3.05) is 27.4 Å². The first kappa shape index (κ1) is 11.8. The Morgan fingerprint density at radius 3 is 2.50 bits per heavy atom. The number of likely N-dealkylation sites (N-methyl/N-ethyl adjacent to an activating group) is 1. The summed E-state index contributed by atoms with van der Waals surface area (Å²) in [6.45, 7) is 3.46. The zero-order chi connectivity index (χ0) is 11.7. The van der Waals surface area contributed by atoms with Crippen LogP contribution in [0.15, 0.2) is 0 Å². The second-order valence-electron chi connectivity index (χ2n) is 4.56. The number of ether oxygens (including phenoxy) is 1. The smallest absolute Gasteiger partial charge is 0.262 e. The third kappa shape index (κ3) is 1.95. The molecule has 0 radical (unpaired) electrons. The third-order valence-electron chi connectivity index (χ3n) is 3.69. The Balaban J connectivity index is 2.04. The van der Waals surface area contributed by atoms with Crippen LogP contribution in [0.25, 0.3) is 0 Å². The van der Waals surface area contributed by atoms with Gasteiger partial charge in [0.05, 0.1) is 26.4 Å². The van der Waals surface area contributed by atoms with E-state index in [2.05, 4.69) is 4.90 Å². The van der Waals surface area contributed by atoms with E-state index >= 15 is 0 Å².